The average molecular weight is 300 g/mol. The first-order valence-corrected chi connectivity index (χ1v) is 7.47. The minimum Gasteiger partial charge on any atom is -0.318 e. The molecule has 22 heavy (non-hydrogen) atoms. The molecule has 0 spiro atoms. The lowest BCUT2D eigenvalue weighted by Gasteiger charge is -2.29. The second-order valence-corrected chi connectivity index (χ2v) is 5.31. The van der Waals surface area contributed by atoms with Crippen LogP contribution in [0.25, 0.3) is 0 Å². The first kappa shape index (κ1) is 16.0. The van der Waals surface area contributed by atoms with Crippen molar-refractivity contribution in [2.75, 3.05) is 5.32 Å². The van der Waals surface area contributed by atoms with Crippen LogP contribution >= 0.6 is 0 Å². The zero-order valence-electron chi connectivity index (χ0n) is 12.9. The highest BCUT2D eigenvalue weighted by Gasteiger charge is 2.19. The van der Waals surface area contributed by atoms with Gasteiger partial charge in [0.25, 0.3) is 0 Å². The van der Waals surface area contributed by atoms with E-state index >= 15 is 0 Å². The number of carbonyl (C=O) groups is 1. The number of nitrogens with zero attached hydrogens (tertiary/aromatic N) is 1. The Bertz CT molecular complexity index is 615. The number of anilines is 1. The first-order chi connectivity index (χ1) is 10.6. The van der Waals surface area contributed by atoms with E-state index in [2.05, 4.69) is 5.32 Å². The quantitative estimate of drug-likeness (QED) is 0.856. The Morgan fingerprint density at radius 2 is 1.91 bits per heavy atom. The molecule has 1 N–H and O–H groups in total. The van der Waals surface area contributed by atoms with Crippen LogP contribution in [-0.4, -0.2) is 17.0 Å². The molecule has 0 saturated heterocycles. The summed E-state index contributed by atoms with van der Waals surface area (Å²) < 4.78 is 13.2. The molecule has 0 aliphatic carbocycles. The molecule has 2 rings (SSSR count). The summed E-state index contributed by atoms with van der Waals surface area (Å²) in [5, 5.41) is 2.77. The molecule has 0 fully saturated rings. The number of carbonyl (C=O) groups excluding carboxylic acids is 1. The predicted molar refractivity (Wildman–Crippen MR) is 87.2 cm³/mol. The maximum atomic E-state index is 13.2. The number of halogens is 1. The van der Waals surface area contributed by atoms with Gasteiger partial charge in [0, 0.05) is 18.3 Å². The number of urea groups is 1. The Balaban J connectivity index is 2.12. The number of benzene rings is 2. The van der Waals surface area contributed by atoms with Crippen LogP contribution in [0, 0.1) is 5.82 Å². The Labute approximate surface area is 130 Å². The van der Waals surface area contributed by atoms with Crippen molar-refractivity contribution in [3.05, 3.63) is 66.0 Å². The summed E-state index contributed by atoms with van der Waals surface area (Å²) in [5.41, 5.74) is 1.53. The van der Waals surface area contributed by atoms with Crippen LogP contribution < -0.4 is 5.32 Å². The van der Waals surface area contributed by atoms with Crippen molar-refractivity contribution < 1.29 is 9.18 Å². The van der Waals surface area contributed by atoms with Gasteiger partial charge in [-0.25, -0.2) is 9.18 Å². The lowest BCUT2D eigenvalue weighted by molar-refractivity contribution is 0.187. The number of nitrogens with one attached hydrogen (secondary N) is 1. The third kappa shape index (κ3) is 4.32. The summed E-state index contributed by atoms with van der Waals surface area (Å²) in [6.07, 6.45) is 0.851. The van der Waals surface area contributed by atoms with Crippen molar-refractivity contribution in [2.45, 2.75) is 32.9 Å². The van der Waals surface area contributed by atoms with Crippen LogP contribution in [0.2, 0.25) is 0 Å². The predicted octanol–water partition coefficient (Wildman–Crippen LogP) is 4.66. The molecule has 2 aromatic rings. The SMILES string of the molecule is CCC(C)N(Cc1ccccc1)C(=O)Nc1cccc(F)c1. The fraction of sp³-hybridized carbons (Fsp3) is 0.278. The Morgan fingerprint density at radius 1 is 1.18 bits per heavy atom. The molecular weight excluding hydrogens is 279 g/mol. The van der Waals surface area contributed by atoms with E-state index in [0.717, 1.165) is 12.0 Å². The van der Waals surface area contributed by atoms with Crippen molar-refractivity contribution in [2.24, 2.45) is 0 Å². The highest BCUT2D eigenvalue weighted by molar-refractivity contribution is 5.89. The lowest BCUT2D eigenvalue weighted by Crippen LogP contribution is -2.40. The van der Waals surface area contributed by atoms with E-state index in [9.17, 15) is 9.18 Å². The summed E-state index contributed by atoms with van der Waals surface area (Å²) in [4.78, 5) is 14.3. The van der Waals surface area contributed by atoms with Gasteiger partial charge in [0.15, 0.2) is 0 Å². The van der Waals surface area contributed by atoms with Gasteiger partial charge in [-0.3, -0.25) is 0 Å². The number of amides is 2. The normalized spacial score (nSPS) is 11.8. The largest absolute Gasteiger partial charge is 0.322 e. The van der Waals surface area contributed by atoms with Crippen molar-refractivity contribution in [3.63, 3.8) is 0 Å². The molecular formula is C18H21FN2O. The fourth-order valence-corrected chi connectivity index (χ4v) is 2.19. The molecule has 2 amide bonds. The molecule has 0 heterocycles. The second kappa shape index (κ2) is 7.59. The molecule has 0 radical (unpaired) electrons. The van der Waals surface area contributed by atoms with Crippen LogP contribution in [0.4, 0.5) is 14.9 Å². The third-order valence-corrected chi connectivity index (χ3v) is 3.66. The lowest BCUT2D eigenvalue weighted by atomic mass is 10.1. The summed E-state index contributed by atoms with van der Waals surface area (Å²) in [7, 11) is 0. The minimum absolute atomic E-state index is 0.0914. The van der Waals surface area contributed by atoms with Crippen LogP contribution in [0.3, 0.4) is 0 Å². The van der Waals surface area contributed by atoms with Gasteiger partial charge < -0.3 is 10.2 Å². The van der Waals surface area contributed by atoms with Gasteiger partial charge in [0.1, 0.15) is 5.82 Å². The Kier molecular flexibility index (Phi) is 5.53. The zero-order chi connectivity index (χ0) is 15.9. The van der Waals surface area contributed by atoms with Crippen LogP contribution in [0.1, 0.15) is 25.8 Å². The minimum atomic E-state index is -0.365. The summed E-state index contributed by atoms with van der Waals surface area (Å²) in [5.74, 6) is -0.365. The average Bonchev–Trinajstić information content (AvgIpc) is 2.53. The highest BCUT2D eigenvalue weighted by Crippen LogP contribution is 2.15. The topological polar surface area (TPSA) is 32.3 Å². The molecule has 0 bridgehead atoms. The summed E-state index contributed by atoms with van der Waals surface area (Å²) >= 11 is 0. The molecule has 0 aliphatic rings. The highest BCUT2D eigenvalue weighted by atomic mass is 19.1. The zero-order valence-corrected chi connectivity index (χ0v) is 12.9. The summed E-state index contributed by atoms with van der Waals surface area (Å²) in [6.45, 7) is 4.57. The van der Waals surface area contributed by atoms with Gasteiger partial charge in [-0.05, 0) is 37.1 Å². The molecule has 3 nitrogen and oxygen atoms in total. The molecule has 0 aliphatic heterocycles. The van der Waals surface area contributed by atoms with Gasteiger partial charge in [-0.15, -0.1) is 0 Å². The second-order valence-electron chi connectivity index (χ2n) is 5.31. The maximum absolute atomic E-state index is 13.2. The number of hydrogen-bond acceptors (Lipinski definition) is 1. The Morgan fingerprint density at radius 3 is 2.55 bits per heavy atom. The van der Waals surface area contributed by atoms with Gasteiger partial charge in [0.2, 0.25) is 0 Å². The molecule has 1 unspecified atom stereocenters. The van der Waals surface area contributed by atoms with Crippen molar-refractivity contribution >= 4 is 11.7 Å². The smallest absolute Gasteiger partial charge is 0.318 e. The fourth-order valence-electron chi connectivity index (χ4n) is 2.19. The first-order valence-electron chi connectivity index (χ1n) is 7.47. The van der Waals surface area contributed by atoms with Gasteiger partial charge in [-0.1, -0.05) is 43.3 Å². The standard InChI is InChI=1S/C18H21FN2O/c1-3-14(2)21(13-15-8-5-4-6-9-15)18(22)20-17-11-7-10-16(19)12-17/h4-12,14H,3,13H2,1-2H3,(H,20,22). The van der Waals surface area contributed by atoms with E-state index in [-0.39, 0.29) is 17.9 Å². The van der Waals surface area contributed by atoms with E-state index in [0.29, 0.717) is 12.2 Å². The van der Waals surface area contributed by atoms with Gasteiger partial charge >= 0.3 is 6.03 Å². The molecule has 0 aromatic heterocycles. The van der Waals surface area contributed by atoms with Crippen molar-refractivity contribution in [1.82, 2.24) is 4.90 Å². The third-order valence-electron chi connectivity index (χ3n) is 3.66. The molecule has 1 atom stereocenters. The van der Waals surface area contributed by atoms with Gasteiger partial charge in [-0.2, -0.15) is 0 Å². The molecule has 116 valence electrons. The van der Waals surface area contributed by atoms with E-state index < -0.39 is 0 Å². The molecule has 2 aromatic carbocycles. The molecule has 0 saturated carbocycles. The van der Waals surface area contributed by atoms with Gasteiger partial charge in [0.05, 0.1) is 0 Å². The van der Waals surface area contributed by atoms with E-state index in [1.54, 1.807) is 17.0 Å². The Hall–Kier alpha value is -2.36. The number of hydrogen-bond donors (Lipinski definition) is 1. The van der Waals surface area contributed by atoms with E-state index in [4.69, 9.17) is 0 Å². The van der Waals surface area contributed by atoms with Crippen LogP contribution in [0.5, 0.6) is 0 Å². The van der Waals surface area contributed by atoms with Crippen LogP contribution in [-0.2, 0) is 6.54 Å². The monoisotopic (exact) mass is 300 g/mol. The van der Waals surface area contributed by atoms with Crippen molar-refractivity contribution in [1.29, 1.82) is 0 Å². The van der Waals surface area contributed by atoms with E-state index in [1.165, 1.54) is 12.1 Å². The maximum Gasteiger partial charge on any atom is 0.322 e. The summed E-state index contributed by atoms with van der Waals surface area (Å²) in [6, 6.07) is 15.6. The molecule has 4 heteroatoms. The van der Waals surface area contributed by atoms with Crippen LogP contribution in [0.15, 0.2) is 54.6 Å². The van der Waals surface area contributed by atoms with E-state index in [1.807, 2.05) is 44.2 Å². The van der Waals surface area contributed by atoms with Crippen molar-refractivity contribution in [3.8, 4) is 0 Å². The number of rotatable bonds is 5.